The Balaban J connectivity index is 2.19. The summed E-state index contributed by atoms with van der Waals surface area (Å²) in [6.07, 6.45) is 3.62. The van der Waals surface area contributed by atoms with Crippen molar-refractivity contribution in [2.75, 3.05) is 6.54 Å². The lowest BCUT2D eigenvalue weighted by Crippen LogP contribution is -2.32. The van der Waals surface area contributed by atoms with Crippen molar-refractivity contribution >= 4 is 0 Å². The van der Waals surface area contributed by atoms with Gasteiger partial charge < -0.3 is 5.32 Å². The van der Waals surface area contributed by atoms with Gasteiger partial charge in [-0.1, -0.05) is 19.4 Å². The molecular weight excluding hydrogens is 201 g/mol. The molecule has 0 bridgehead atoms. The van der Waals surface area contributed by atoms with E-state index in [0.717, 1.165) is 24.4 Å². The topological polar surface area (TPSA) is 12.0 Å². The fraction of sp³-hybridized carbons (Fsp3) is 0.571. The number of rotatable bonds is 2. The van der Waals surface area contributed by atoms with E-state index >= 15 is 0 Å². The molecular formula is C14H20FN. The molecule has 88 valence electrons. The third-order valence-corrected chi connectivity index (χ3v) is 3.71. The molecule has 0 saturated carbocycles. The smallest absolute Gasteiger partial charge is 0.123 e. The van der Waals surface area contributed by atoms with Gasteiger partial charge in [0.2, 0.25) is 0 Å². The second-order valence-corrected chi connectivity index (χ2v) is 4.81. The standard InChI is InChI=1S/C14H20FN/c1-3-11-6-7-16-14(8-11)13-9-12(15)5-4-10(13)2/h4-5,9,11,14,16H,3,6-8H2,1-2H3. The van der Waals surface area contributed by atoms with Crippen LogP contribution in [0.1, 0.15) is 43.4 Å². The maximum atomic E-state index is 13.3. The molecule has 2 atom stereocenters. The first-order chi connectivity index (χ1) is 7.70. The van der Waals surface area contributed by atoms with Crippen molar-refractivity contribution in [3.8, 4) is 0 Å². The molecule has 1 aliphatic rings. The fourth-order valence-corrected chi connectivity index (χ4v) is 2.59. The number of benzene rings is 1. The van der Waals surface area contributed by atoms with Crippen LogP contribution in [-0.4, -0.2) is 6.54 Å². The van der Waals surface area contributed by atoms with Crippen LogP contribution in [-0.2, 0) is 0 Å². The molecule has 1 heterocycles. The first-order valence-corrected chi connectivity index (χ1v) is 6.20. The number of hydrogen-bond acceptors (Lipinski definition) is 1. The highest BCUT2D eigenvalue weighted by Gasteiger charge is 2.22. The Labute approximate surface area is 97.1 Å². The minimum atomic E-state index is -0.124. The van der Waals surface area contributed by atoms with Crippen LogP contribution in [0.4, 0.5) is 4.39 Å². The zero-order valence-electron chi connectivity index (χ0n) is 10.1. The summed E-state index contributed by atoms with van der Waals surface area (Å²) >= 11 is 0. The summed E-state index contributed by atoms with van der Waals surface area (Å²) < 4.78 is 13.3. The quantitative estimate of drug-likeness (QED) is 0.804. The molecule has 1 nitrogen and oxygen atoms in total. The van der Waals surface area contributed by atoms with E-state index in [1.165, 1.54) is 18.4 Å². The van der Waals surface area contributed by atoms with E-state index in [0.29, 0.717) is 6.04 Å². The molecule has 16 heavy (non-hydrogen) atoms. The summed E-state index contributed by atoms with van der Waals surface area (Å²) in [6.45, 7) is 5.36. The summed E-state index contributed by atoms with van der Waals surface area (Å²) in [7, 11) is 0. The minimum Gasteiger partial charge on any atom is -0.310 e. The Hall–Kier alpha value is -0.890. The lowest BCUT2D eigenvalue weighted by Gasteiger charge is -2.31. The van der Waals surface area contributed by atoms with E-state index in [1.807, 2.05) is 6.07 Å². The van der Waals surface area contributed by atoms with Crippen LogP contribution in [0, 0.1) is 18.7 Å². The lowest BCUT2D eigenvalue weighted by atomic mass is 9.86. The average molecular weight is 221 g/mol. The summed E-state index contributed by atoms with van der Waals surface area (Å²) in [5.74, 6) is 0.662. The van der Waals surface area contributed by atoms with Gasteiger partial charge in [-0.05, 0) is 55.5 Å². The van der Waals surface area contributed by atoms with Crippen LogP contribution in [0.15, 0.2) is 18.2 Å². The Bertz CT molecular complexity index is 362. The summed E-state index contributed by atoms with van der Waals surface area (Å²) in [6, 6.07) is 5.45. The van der Waals surface area contributed by atoms with Gasteiger partial charge in [-0.15, -0.1) is 0 Å². The van der Waals surface area contributed by atoms with E-state index in [-0.39, 0.29) is 5.82 Å². The largest absolute Gasteiger partial charge is 0.310 e. The normalized spacial score (nSPS) is 25.7. The number of aryl methyl sites for hydroxylation is 1. The molecule has 1 aromatic carbocycles. The van der Waals surface area contributed by atoms with E-state index in [9.17, 15) is 4.39 Å². The molecule has 1 N–H and O–H groups in total. The fourth-order valence-electron chi connectivity index (χ4n) is 2.59. The number of piperidine rings is 1. The summed E-state index contributed by atoms with van der Waals surface area (Å²) in [5, 5.41) is 3.50. The van der Waals surface area contributed by atoms with Gasteiger partial charge in [-0.25, -0.2) is 4.39 Å². The number of hydrogen-bond donors (Lipinski definition) is 1. The van der Waals surface area contributed by atoms with Crippen LogP contribution >= 0.6 is 0 Å². The van der Waals surface area contributed by atoms with Crippen molar-refractivity contribution < 1.29 is 4.39 Å². The van der Waals surface area contributed by atoms with Crippen molar-refractivity contribution in [1.29, 1.82) is 0 Å². The van der Waals surface area contributed by atoms with Crippen molar-refractivity contribution in [2.24, 2.45) is 5.92 Å². The third-order valence-electron chi connectivity index (χ3n) is 3.71. The van der Waals surface area contributed by atoms with Gasteiger partial charge in [0, 0.05) is 6.04 Å². The molecule has 2 heteroatoms. The zero-order valence-corrected chi connectivity index (χ0v) is 10.1. The highest BCUT2D eigenvalue weighted by molar-refractivity contribution is 5.29. The van der Waals surface area contributed by atoms with Crippen molar-refractivity contribution in [3.05, 3.63) is 35.1 Å². The molecule has 0 radical (unpaired) electrons. The predicted molar refractivity (Wildman–Crippen MR) is 64.9 cm³/mol. The second kappa shape index (κ2) is 4.96. The second-order valence-electron chi connectivity index (χ2n) is 4.81. The Morgan fingerprint density at radius 2 is 2.25 bits per heavy atom. The monoisotopic (exact) mass is 221 g/mol. The Morgan fingerprint density at radius 3 is 3.00 bits per heavy atom. The van der Waals surface area contributed by atoms with Gasteiger partial charge in [0.1, 0.15) is 5.82 Å². The lowest BCUT2D eigenvalue weighted by molar-refractivity contribution is 0.298. The predicted octanol–water partition coefficient (Wildman–Crippen LogP) is 3.58. The van der Waals surface area contributed by atoms with Gasteiger partial charge in [-0.2, -0.15) is 0 Å². The SMILES string of the molecule is CCC1CCNC(c2cc(F)ccc2C)C1. The maximum Gasteiger partial charge on any atom is 0.123 e. The number of halogens is 1. The van der Waals surface area contributed by atoms with E-state index < -0.39 is 0 Å². The van der Waals surface area contributed by atoms with Crippen LogP contribution in [0.25, 0.3) is 0 Å². The van der Waals surface area contributed by atoms with Crippen molar-refractivity contribution in [1.82, 2.24) is 5.32 Å². The van der Waals surface area contributed by atoms with Gasteiger partial charge in [-0.3, -0.25) is 0 Å². The van der Waals surface area contributed by atoms with Gasteiger partial charge in [0.25, 0.3) is 0 Å². The van der Waals surface area contributed by atoms with Gasteiger partial charge in [0.05, 0.1) is 0 Å². The van der Waals surface area contributed by atoms with E-state index in [4.69, 9.17) is 0 Å². The first-order valence-electron chi connectivity index (χ1n) is 6.20. The number of nitrogens with one attached hydrogen (secondary N) is 1. The van der Waals surface area contributed by atoms with Crippen LogP contribution in [0.2, 0.25) is 0 Å². The van der Waals surface area contributed by atoms with Gasteiger partial charge in [0.15, 0.2) is 0 Å². The van der Waals surface area contributed by atoms with Crippen LogP contribution < -0.4 is 5.32 Å². The summed E-state index contributed by atoms with van der Waals surface area (Å²) in [4.78, 5) is 0. The zero-order chi connectivity index (χ0) is 11.5. The molecule has 1 fully saturated rings. The first kappa shape index (κ1) is 11.6. The average Bonchev–Trinajstić information content (AvgIpc) is 2.32. The van der Waals surface area contributed by atoms with Crippen LogP contribution in [0.3, 0.4) is 0 Å². The molecule has 1 aliphatic heterocycles. The van der Waals surface area contributed by atoms with Crippen molar-refractivity contribution in [3.63, 3.8) is 0 Å². The molecule has 1 saturated heterocycles. The Morgan fingerprint density at radius 1 is 1.44 bits per heavy atom. The highest BCUT2D eigenvalue weighted by Crippen LogP contribution is 2.30. The molecule has 2 unspecified atom stereocenters. The molecule has 0 amide bonds. The molecule has 2 rings (SSSR count). The minimum absolute atomic E-state index is 0.124. The van der Waals surface area contributed by atoms with E-state index in [1.54, 1.807) is 12.1 Å². The molecule has 1 aromatic rings. The van der Waals surface area contributed by atoms with Gasteiger partial charge >= 0.3 is 0 Å². The maximum absolute atomic E-state index is 13.3. The third kappa shape index (κ3) is 2.43. The summed E-state index contributed by atoms with van der Waals surface area (Å²) in [5.41, 5.74) is 2.33. The van der Waals surface area contributed by atoms with E-state index in [2.05, 4.69) is 19.2 Å². The molecule has 0 aromatic heterocycles. The van der Waals surface area contributed by atoms with Crippen molar-refractivity contribution in [2.45, 2.75) is 39.2 Å². The van der Waals surface area contributed by atoms with Crippen LogP contribution in [0.5, 0.6) is 0 Å². The molecule has 0 spiro atoms. The molecule has 0 aliphatic carbocycles. The highest BCUT2D eigenvalue weighted by atomic mass is 19.1. The Kier molecular flexibility index (Phi) is 3.59.